The molecule has 0 saturated heterocycles. The van der Waals surface area contributed by atoms with Gasteiger partial charge in [-0.25, -0.2) is 9.37 Å². The number of nitrogens with one attached hydrogen (secondary N) is 1. The second kappa shape index (κ2) is 5.96. The predicted octanol–water partition coefficient (Wildman–Crippen LogP) is 4.55. The SMILES string of the molecule is CCC(Nc1ccc(Br)nc1)c1ccccc1F. The maximum atomic E-state index is 13.7. The van der Waals surface area contributed by atoms with Gasteiger partial charge in [-0.1, -0.05) is 25.1 Å². The molecule has 2 rings (SSSR count). The fourth-order valence-electron chi connectivity index (χ4n) is 1.82. The number of hydrogen-bond donors (Lipinski definition) is 1. The molecule has 0 aliphatic rings. The third kappa shape index (κ3) is 3.07. The highest BCUT2D eigenvalue weighted by atomic mass is 79.9. The number of anilines is 1. The standard InChI is InChI=1S/C14H14BrFN2/c1-2-13(11-5-3-4-6-12(11)16)18-10-7-8-14(15)17-9-10/h3-9,13,18H,2H2,1H3. The Labute approximate surface area is 114 Å². The molecule has 0 aliphatic carbocycles. The molecule has 0 fully saturated rings. The molecule has 0 radical (unpaired) electrons. The molecular formula is C14H14BrFN2. The monoisotopic (exact) mass is 308 g/mol. The highest BCUT2D eigenvalue weighted by Crippen LogP contribution is 2.24. The van der Waals surface area contributed by atoms with E-state index in [0.717, 1.165) is 16.7 Å². The third-order valence-electron chi connectivity index (χ3n) is 2.76. The van der Waals surface area contributed by atoms with Crippen molar-refractivity contribution in [1.29, 1.82) is 0 Å². The summed E-state index contributed by atoms with van der Waals surface area (Å²) in [7, 11) is 0. The molecule has 1 aromatic carbocycles. The molecule has 94 valence electrons. The lowest BCUT2D eigenvalue weighted by Gasteiger charge is -2.19. The first-order valence-electron chi connectivity index (χ1n) is 5.83. The highest BCUT2D eigenvalue weighted by Gasteiger charge is 2.13. The first-order valence-corrected chi connectivity index (χ1v) is 6.62. The van der Waals surface area contributed by atoms with Crippen molar-refractivity contribution >= 4 is 21.6 Å². The van der Waals surface area contributed by atoms with Crippen molar-refractivity contribution in [2.75, 3.05) is 5.32 Å². The Morgan fingerprint density at radius 3 is 2.67 bits per heavy atom. The van der Waals surface area contributed by atoms with E-state index >= 15 is 0 Å². The number of rotatable bonds is 4. The molecule has 1 heterocycles. The summed E-state index contributed by atoms with van der Waals surface area (Å²) >= 11 is 3.29. The Bertz CT molecular complexity index is 513. The normalized spacial score (nSPS) is 12.2. The topological polar surface area (TPSA) is 24.9 Å². The molecule has 18 heavy (non-hydrogen) atoms. The minimum atomic E-state index is -0.179. The van der Waals surface area contributed by atoms with Crippen LogP contribution in [0.25, 0.3) is 0 Å². The molecular weight excluding hydrogens is 295 g/mol. The number of halogens is 2. The fraction of sp³-hybridized carbons (Fsp3) is 0.214. The molecule has 4 heteroatoms. The van der Waals surface area contributed by atoms with Crippen LogP contribution in [0.4, 0.5) is 10.1 Å². The zero-order chi connectivity index (χ0) is 13.0. The minimum Gasteiger partial charge on any atom is -0.377 e. The molecule has 1 unspecified atom stereocenters. The summed E-state index contributed by atoms with van der Waals surface area (Å²) in [5, 5.41) is 3.29. The second-order valence-corrected chi connectivity index (χ2v) is 4.81. The van der Waals surface area contributed by atoms with E-state index in [4.69, 9.17) is 0 Å². The van der Waals surface area contributed by atoms with Gasteiger partial charge in [0.05, 0.1) is 17.9 Å². The maximum absolute atomic E-state index is 13.7. The van der Waals surface area contributed by atoms with Crippen molar-refractivity contribution in [1.82, 2.24) is 4.98 Å². The summed E-state index contributed by atoms with van der Waals surface area (Å²) in [4.78, 5) is 4.14. The quantitative estimate of drug-likeness (QED) is 0.838. The van der Waals surface area contributed by atoms with Crippen LogP contribution in [0.1, 0.15) is 24.9 Å². The Morgan fingerprint density at radius 2 is 2.06 bits per heavy atom. The molecule has 0 bridgehead atoms. The van der Waals surface area contributed by atoms with Crippen LogP contribution in [0.3, 0.4) is 0 Å². The van der Waals surface area contributed by atoms with Crippen molar-refractivity contribution in [3.05, 3.63) is 58.6 Å². The average Bonchev–Trinajstić information content (AvgIpc) is 2.39. The Hall–Kier alpha value is -1.42. The van der Waals surface area contributed by atoms with E-state index in [-0.39, 0.29) is 11.9 Å². The number of nitrogens with zero attached hydrogens (tertiary/aromatic N) is 1. The van der Waals surface area contributed by atoms with E-state index in [1.165, 1.54) is 6.07 Å². The van der Waals surface area contributed by atoms with E-state index < -0.39 is 0 Å². The van der Waals surface area contributed by atoms with Gasteiger partial charge in [0, 0.05) is 5.56 Å². The van der Waals surface area contributed by atoms with Crippen LogP contribution in [0.5, 0.6) is 0 Å². The second-order valence-electron chi connectivity index (χ2n) is 4.00. The lowest BCUT2D eigenvalue weighted by molar-refractivity contribution is 0.587. The first-order chi connectivity index (χ1) is 8.70. The van der Waals surface area contributed by atoms with Crippen molar-refractivity contribution in [2.24, 2.45) is 0 Å². The number of benzene rings is 1. The largest absolute Gasteiger partial charge is 0.377 e. The van der Waals surface area contributed by atoms with E-state index in [1.54, 1.807) is 12.3 Å². The molecule has 0 saturated carbocycles. The van der Waals surface area contributed by atoms with Crippen LogP contribution in [0.15, 0.2) is 47.2 Å². The molecule has 1 N–H and O–H groups in total. The van der Waals surface area contributed by atoms with E-state index in [1.807, 2.05) is 31.2 Å². The van der Waals surface area contributed by atoms with Crippen molar-refractivity contribution in [3.8, 4) is 0 Å². The smallest absolute Gasteiger partial charge is 0.128 e. The molecule has 2 aromatic rings. The maximum Gasteiger partial charge on any atom is 0.128 e. The van der Waals surface area contributed by atoms with Crippen LogP contribution in [0.2, 0.25) is 0 Å². The lowest BCUT2D eigenvalue weighted by Crippen LogP contribution is -2.11. The van der Waals surface area contributed by atoms with Crippen molar-refractivity contribution in [3.63, 3.8) is 0 Å². The van der Waals surface area contributed by atoms with Crippen molar-refractivity contribution in [2.45, 2.75) is 19.4 Å². The van der Waals surface area contributed by atoms with Gasteiger partial charge in [-0.05, 0) is 40.5 Å². The molecule has 1 atom stereocenters. The molecule has 0 amide bonds. The summed E-state index contributed by atoms with van der Waals surface area (Å²) in [6.45, 7) is 2.02. The van der Waals surface area contributed by atoms with Gasteiger partial charge in [0.25, 0.3) is 0 Å². The van der Waals surface area contributed by atoms with Gasteiger partial charge >= 0.3 is 0 Å². The summed E-state index contributed by atoms with van der Waals surface area (Å²) in [6, 6.07) is 10.6. The van der Waals surface area contributed by atoms with Crippen LogP contribution in [-0.4, -0.2) is 4.98 Å². The molecule has 1 aromatic heterocycles. The Kier molecular flexibility index (Phi) is 4.31. The van der Waals surface area contributed by atoms with Gasteiger partial charge in [0.2, 0.25) is 0 Å². The average molecular weight is 309 g/mol. The Balaban J connectivity index is 2.20. The van der Waals surface area contributed by atoms with Gasteiger partial charge < -0.3 is 5.32 Å². The van der Waals surface area contributed by atoms with E-state index in [9.17, 15) is 4.39 Å². The molecule has 0 aliphatic heterocycles. The van der Waals surface area contributed by atoms with Gasteiger partial charge in [-0.2, -0.15) is 0 Å². The third-order valence-corrected chi connectivity index (χ3v) is 3.23. The van der Waals surface area contributed by atoms with Crippen LogP contribution < -0.4 is 5.32 Å². The van der Waals surface area contributed by atoms with Crippen LogP contribution in [-0.2, 0) is 0 Å². The van der Waals surface area contributed by atoms with Gasteiger partial charge in [-0.15, -0.1) is 0 Å². The van der Waals surface area contributed by atoms with Gasteiger partial charge in [0.15, 0.2) is 0 Å². The highest BCUT2D eigenvalue weighted by molar-refractivity contribution is 9.10. The van der Waals surface area contributed by atoms with E-state index in [0.29, 0.717) is 5.56 Å². The van der Waals surface area contributed by atoms with Gasteiger partial charge in [-0.3, -0.25) is 0 Å². The van der Waals surface area contributed by atoms with Crippen molar-refractivity contribution < 1.29 is 4.39 Å². The summed E-state index contributed by atoms with van der Waals surface area (Å²) in [5.74, 6) is -0.179. The fourth-order valence-corrected chi connectivity index (χ4v) is 2.05. The molecule has 0 spiro atoms. The van der Waals surface area contributed by atoms with E-state index in [2.05, 4.69) is 26.2 Å². The number of hydrogen-bond acceptors (Lipinski definition) is 2. The number of aromatic nitrogens is 1. The summed E-state index contributed by atoms with van der Waals surface area (Å²) in [6.07, 6.45) is 2.53. The zero-order valence-electron chi connectivity index (χ0n) is 10.0. The summed E-state index contributed by atoms with van der Waals surface area (Å²) < 4.78 is 14.5. The number of pyridine rings is 1. The lowest BCUT2D eigenvalue weighted by atomic mass is 10.0. The van der Waals surface area contributed by atoms with Gasteiger partial charge in [0.1, 0.15) is 10.4 Å². The predicted molar refractivity (Wildman–Crippen MR) is 75.0 cm³/mol. The minimum absolute atomic E-state index is 0.0471. The molecule has 2 nitrogen and oxygen atoms in total. The first kappa shape index (κ1) is 13.0. The van der Waals surface area contributed by atoms with Crippen LogP contribution in [0, 0.1) is 5.82 Å². The zero-order valence-corrected chi connectivity index (χ0v) is 11.6. The summed E-state index contributed by atoms with van der Waals surface area (Å²) in [5.41, 5.74) is 1.57. The Morgan fingerprint density at radius 1 is 1.28 bits per heavy atom. The van der Waals surface area contributed by atoms with Crippen LogP contribution >= 0.6 is 15.9 Å².